The van der Waals surface area contributed by atoms with Gasteiger partial charge in [-0.2, -0.15) is 0 Å². The Morgan fingerprint density at radius 1 is 1.44 bits per heavy atom. The smallest absolute Gasteiger partial charge is 0.251 e. The van der Waals surface area contributed by atoms with Gasteiger partial charge in [0.05, 0.1) is 6.54 Å². The lowest BCUT2D eigenvalue weighted by Gasteiger charge is -2.03. The highest BCUT2D eigenvalue weighted by atomic mass is 79.9. The number of hydrogen-bond acceptors (Lipinski definition) is 2. The van der Waals surface area contributed by atoms with Crippen LogP contribution in [-0.2, 0) is 0 Å². The molecule has 0 radical (unpaired) electrons. The first-order valence-electron chi connectivity index (χ1n) is 4.69. The second kappa shape index (κ2) is 6.12. The summed E-state index contributed by atoms with van der Waals surface area (Å²) in [7, 11) is 0. The van der Waals surface area contributed by atoms with Crippen LogP contribution in [0.5, 0.6) is 0 Å². The minimum Gasteiger partial charge on any atom is -0.370 e. The van der Waals surface area contributed by atoms with Crippen molar-refractivity contribution < 1.29 is 4.79 Å². The molecule has 0 aromatic heterocycles. The van der Waals surface area contributed by atoms with E-state index in [0.29, 0.717) is 18.7 Å². The molecule has 0 atom stereocenters. The van der Waals surface area contributed by atoms with Gasteiger partial charge in [0.25, 0.3) is 5.91 Å². The summed E-state index contributed by atoms with van der Waals surface area (Å²) in [4.78, 5) is 15.4. The molecule has 0 fully saturated rings. The molecular weight excluding hydrogens is 272 g/mol. The van der Waals surface area contributed by atoms with Gasteiger partial charge in [-0.25, -0.2) is 0 Å². The Bertz CT molecular complexity index is 402. The average Bonchev–Trinajstić information content (AvgIpc) is 2.24. The Balaban J connectivity index is 2.44. The summed E-state index contributed by atoms with van der Waals surface area (Å²) >= 11 is 3.30. The molecule has 86 valence electrons. The quantitative estimate of drug-likeness (QED) is 0.426. The predicted octanol–water partition coefficient (Wildman–Crippen LogP) is 0.452. The van der Waals surface area contributed by atoms with E-state index in [-0.39, 0.29) is 11.9 Å². The number of nitrogens with zero attached hydrogens (tertiary/aromatic N) is 1. The molecule has 0 bridgehead atoms. The summed E-state index contributed by atoms with van der Waals surface area (Å²) in [5, 5.41) is 2.70. The van der Waals surface area contributed by atoms with Crippen molar-refractivity contribution in [3.63, 3.8) is 0 Å². The largest absolute Gasteiger partial charge is 0.370 e. The maximum atomic E-state index is 11.6. The van der Waals surface area contributed by atoms with Crippen LogP contribution in [0, 0.1) is 0 Å². The van der Waals surface area contributed by atoms with Gasteiger partial charge in [-0.05, 0) is 18.2 Å². The summed E-state index contributed by atoms with van der Waals surface area (Å²) in [6, 6.07) is 7.14. The third-order valence-electron chi connectivity index (χ3n) is 1.78. The zero-order valence-corrected chi connectivity index (χ0v) is 10.2. The third-order valence-corrected chi connectivity index (χ3v) is 2.27. The summed E-state index contributed by atoms with van der Waals surface area (Å²) in [6.07, 6.45) is 0. The van der Waals surface area contributed by atoms with E-state index in [1.165, 1.54) is 0 Å². The van der Waals surface area contributed by atoms with Gasteiger partial charge in [0.1, 0.15) is 0 Å². The first-order valence-corrected chi connectivity index (χ1v) is 5.48. The average molecular weight is 285 g/mol. The lowest BCUT2D eigenvalue weighted by Crippen LogP contribution is -2.28. The first kappa shape index (κ1) is 12.5. The number of carbonyl (C=O) groups excluding carboxylic acids is 1. The molecule has 1 aromatic rings. The fourth-order valence-corrected chi connectivity index (χ4v) is 1.49. The van der Waals surface area contributed by atoms with Gasteiger partial charge in [0.2, 0.25) is 0 Å². The van der Waals surface area contributed by atoms with E-state index in [9.17, 15) is 4.79 Å². The van der Waals surface area contributed by atoms with Crippen molar-refractivity contribution >= 4 is 27.8 Å². The van der Waals surface area contributed by atoms with Crippen molar-refractivity contribution in [3.05, 3.63) is 34.3 Å². The fraction of sp³-hybridized carbons (Fsp3) is 0.200. The van der Waals surface area contributed by atoms with Crippen molar-refractivity contribution in [3.8, 4) is 0 Å². The Kier molecular flexibility index (Phi) is 4.78. The molecule has 1 aromatic carbocycles. The number of amides is 1. The predicted molar refractivity (Wildman–Crippen MR) is 67.2 cm³/mol. The second-order valence-corrected chi connectivity index (χ2v) is 3.99. The fourth-order valence-electron chi connectivity index (χ4n) is 1.09. The van der Waals surface area contributed by atoms with Crippen LogP contribution in [-0.4, -0.2) is 25.0 Å². The third kappa shape index (κ3) is 4.31. The van der Waals surface area contributed by atoms with Gasteiger partial charge in [0, 0.05) is 16.6 Å². The van der Waals surface area contributed by atoms with Gasteiger partial charge in [-0.15, -0.1) is 0 Å². The SMILES string of the molecule is NC(N)=NCCNC(=O)c1cccc(Br)c1. The molecule has 1 rings (SSSR count). The standard InChI is InChI=1S/C10H13BrN4O/c11-8-3-1-2-7(6-8)9(16)14-4-5-15-10(12)13/h1-3,6H,4-5H2,(H,14,16)(H4,12,13,15). The number of aliphatic imine (C=N–C) groups is 1. The van der Waals surface area contributed by atoms with E-state index in [1.807, 2.05) is 6.07 Å². The number of benzene rings is 1. The zero-order valence-electron chi connectivity index (χ0n) is 8.61. The van der Waals surface area contributed by atoms with Crippen LogP contribution in [0.4, 0.5) is 0 Å². The molecule has 0 saturated carbocycles. The molecule has 0 heterocycles. The Morgan fingerprint density at radius 2 is 2.19 bits per heavy atom. The van der Waals surface area contributed by atoms with Crippen LogP contribution in [0.25, 0.3) is 0 Å². The zero-order chi connectivity index (χ0) is 12.0. The highest BCUT2D eigenvalue weighted by molar-refractivity contribution is 9.10. The lowest BCUT2D eigenvalue weighted by molar-refractivity contribution is 0.0954. The van der Waals surface area contributed by atoms with E-state index in [1.54, 1.807) is 18.2 Å². The van der Waals surface area contributed by atoms with Crippen LogP contribution in [0.2, 0.25) is 0 Å². The van der Waals surface area contributed by atoms with Crippen LogP contribution < -0.4 is 16.8 Å². The number of halogens is 1. The van der Waals surface area contributed by atoms with Gasteiger partial charge < -0.3 is 16.8 Å². The Labute approximate surface area is 102 Å². The van der Waals surface area contributed by atoms with E-state index in [2.05, 4.69) is 26.2 Å². The van der Waals surface area contributed by atoms with Crippen molar-refractivity contribution in [2.45, 2.75) is 0 Å². The number of rotatable bonds is 4. The summed E-state index contributed by atoms with van der Waals surface area (Å²) in [5.74, 6) is -0.121. The Morgan fingerprint density at radius 3 is 2.81 bits per heavy atom. The summed E-state index contributed by atoms with van der Waals surface area (Å²) in [5.41, 5.74) is 10.9. The topological polar surface area (TPSA) is 93.5 Å². The van der Waals surface area contributed by atoms with E-state index < -0.39 is 0 Å². The molecule has 0 unspecified atom stereocenters. The van der Waals surface area contributed by atoms with Crippen LogP contribution >= 0.6 is 15.9 Å². The molecule has 5 nitrogen and oxygen atoms in total. The van der Waals surface area contributed by atoms with E-state index in [0.717, 1.165) is 4.47 Å². The summed E-state index contributed by atoms with van der Waals surface area (Å²) < 4.78 is 0.865. The number of carbonyl (C=O) groups is 1. The van der Waals surface area contributed by atoms with Crippen molar-refractivity contribution in [2.75, 3.05) is 13.1 Å². The molecular formula is C10H13BrN4O. The van der Waals surface area contributed by atoms with Crippen LogP contribution in [0.3, 0.4) is 0 Å². The molecule has 16 heavy (non-hydrogen) atoms. The molecule has 0 aliphatic carbocycles. The molecule has 0 aliphatic rings. The van der Waals surface area contributed by atoms with E-state index >= 15 is 0 Å². The molecule has 0 spiro atoms. The highest BCUT2D eigenvalue weighted by Gasteiger charge is 2.03. The maximum Gasteiger partial charge on any atom is 0.251 e. The summed E-state index contributed by atoms with van der Waals surface area (Å²) in [6.45, 7) is 0.783. The Hall–Kier alpha value is -1.56. The first-order chi connectivity index (χ1) is 7.59. The second-order valence-electron chi connectivity index (χ2n) is 3.07. The van der Waals surface area contributed by atoms with Gasteiger partial charge in [-0.3, -0.25) is 9.79 Å². The van der Waals surface area contributed by atoms with E-state index in [4.69, 9.17) is 11.5 Å². The molecule has 6 heteroatoms. The minimum atomic E-state index is -0.146. The van der Waals surface area contributed by atoms with Gasteiger partial charge in [-0.1, -0.05) is 22.0 Å². The van der Waals surface area contributed by atoms with Gasteiger partial charge in [0.15, 0.2) is 5.96 Å². The van der Waals surface area contributed by atoms with Crippen LogP contribution in [0.1, 0.15) is 10.4 Å². The maximum absolute atomic E-state index is 11.6. The van der Waals surface area contributed by atoms with Crippen molar-refractivity contribution in [1.29, 1.82) is 0 Å². The number of nitrogens with two attached hydrogens (primary N) is 2. The molecule has 1 amide bonds. The molecule has 0 saturated heterocycles. The number of hydrogen-bond donors (Lipinski definition) is 3. The van der Waals surface area contributed by atoms with Gasteiger partial charge >= 0.3 is 0 Å². The minimum absolute atomic E-state index is 0.0247. The van der Waals surface area contributed by atoms with Crippen molar-refractivity contribution in [2.24, 2.45) is 16.5 Å². The van der Waals surface area contributed by atoms with Crippen LogP contribution in [0.15, 0.2) is 33.7 Å². The normalized spacial score (nSPS) is 9.56. The molecule has 0 aliphatic heterocycles. The lowest BCUT2D eigenvalue weighted by atomic mass is 10.2. The van der Waals surface area contributed by atoms with Crippen molar-refractivity contribution in [1.82, 2.24) is 5.32 Å². The number of guanidine groups is 1. The highest BCUT2D eigenvalue weighted by Crippen LogP contribution is 2.11. The number of nitrogens with one attached hydrogen (secondary N) is 1. The monoisotopic (exact) mass is 284 g/mol. The molecule has 5 N–H and O–H groups in total.